The van der Waals surface area contributed by atoms with Crippen LogP contribution in [0.3, 0.4) is 0 Å². The zero-order chi connectivity index (χ0) is 20.1. The molecule has 1 unspecified atom stereocenters. The minimum atomic E-state index is -3.66. The van der Waals surface area contributed by atoms with Gasteiger partial charge in [0.05, 0.1) is 17.6 Å². The van der Waals surface area contributed by atoms with Gasteiger partial charge in [0.1, 0.15) is 6.10 Å². The van der Waals surface area contributed by atoms with Gasteiger partial charge >= 0.3 is 0 Å². The van der Waals surface area contributed by atoms with Gasteiger partial charge in [-0.2, -0.15) is 4.31 Å². The summed E-state index contributed by atoms with van der Waals surface area (Å²) in [5, 5.41) is 2.74. The van der Waals surface area contributed by atoms with Gasteiger partial charge in [0, 0.05) is 31.0 Å². The molecule has 1 atom stereocenters. The van der Waals surface area contributed by atoms with Crippen molar-refractivity contribution in [2.45, 2.75) is 44.1 Å². The Balaban J connectivity index is 1.75. The summed E-state index contributed by atoms with van der Waals surface area (Å²) < 4.78 is 33.5. The Kier molecular flexibility index (Phi) is 6.25. The molecule has 8 nitrogen and oxygen atoms in total. The lowest BCUT2D eigenvalue weighted by molar-refractivity contribution is -0.115. The second kappa shape index (κ2) is 8.66. The predicted molar refractivity (Wildman–Crippen MR) is 105 cm³/mol. The highest BCUT2D eigenvalue weighted by Crippen LogP contribution is 2.26. The smallest absolute Gasteiger partial charge is 0.243 e. The van der Waals surface area contributed by atoms with Gasteiger partial charge in [-0.25, -0.2) is 13.4 Å². The number of aromatic nitrogens is 2. The van der Waals surface area contributed by atoms with Gasteiger partial charge in [-0.1, -0.05) is 6.92 Å². The van der Waals surface area contributed by atoms with Gasteiger partial charge in [-0.15, -0.1) is 0 Å². The van der Waals surface area contributed by atoms with E-state index in [4.69, 9.17) is 4.74 Å². The fourth-order valence-corrected chi connectivity index (χ4v) is 4.86. The van der Waals surface area contributed by atoms with Gasteiger partial charge in [0.25, 0.3) is 0 Å². The van der Waals surface area contributed by atoms with Crippen LogP contribution in [0.15, 0.2) is 41.7 Å². The van der Waals surface area contributed by atoms with Crippen LogP contribution in [0.4, 0.5) is 5.69 Å². The number of nitrogens with one attached hydrogen (secondary N) is 1. The van der Waals surface area contributed by atoms with Crippen LogP contribution in [-0.2, 0) is 14.8 Å². The van der Waals surface area contributed by atoms with E-state index in [0.29, 0.717) is 36.5 Å². The van der Waals surface area contributed by atoms with Crippen molar-refractivity contribution in [1.29, 1.82) is 0 Å². The molecule has 3 rings (SSSR count). The van der Waals surface area contributed by atoms with Crippen molar-refractivity contribution >= 4 is 21.6 Å². The highest BCUT2D eigenvalue weighted by atomic mass is 32.2. The lowest BCUT2D eigenvalue weighted by Crippen LogP contribution is -2.44. The summed E-state index contributed by atoms with van der Waals surface area (Å²) in [6.07, 6.45) is 6.15. The van der Waals surface area contributed by atoms with Crippen LogP contribution in [0.2, 0.25) is 0 Å². The van der Waals surface area contributed by atoms with Crippen molar-refractivity contribution in [2.75, 3.05) is 18.4 Å². The number of carbonyl (C=O) groups is 1. The molecule has 9 heteroatoms. The Morgan fingerprint density at radius 2 is 2.18 bits per heavy atom. The minimum absolute atomic E-state index is 0.116. The van der Waals surface area contributed by atoms with Crippen molar-refractivity contribution < 1.29 is 17.9 Å². The van der Waals surface area contributed by atoms with Crippen molar-refractivity contribution in [3.8, 4) is 5.88 Å². The first kappa shape index (κ1) is 20.2. The molecular formula is C19H24N4O4S. The molecule has 1 aliphatic rings. The lowest BCUT2D eigenvalue weighted by Gasteiger charge is -2.32. The Labute approximate surface area is 165 Å². The van der Waals surface area contributed by atoms with Crippen LogP contribution in [0.1, 0.15) is 31.7 Å². The largest absolute Gasteiger partial charge is 0.472 e. The summed E-state index contributed by atoms with van der Waals surface area (Å²) in [4.78, 5) is 19.8. The van der Waals surface area contributed by atoms with Gasteiger partial charge in [-0.3, -0.25) is 9.78 Å². The molecule has 1 fully saturated rings. The number of carbonyl (C=O) groups excluding carboxylic acids is 1. The van der Waals surface area contributed by atoms with Crippen LogP contribution in [0.25, 0.3) is 0 Å². The number of ether oxygens (including phenoxy) is 1. The number of hydrogen-bond donors (Lipinski definition) is 1. The fourth-order valence-electron chi connectivity index (χ4n) is 3.14. The molecule has 28 heavy (non-hydrogen) atoms. The number of piperidine rings is 1. The Hall–Kier alpha value is -2.52. The summed E-state index contributed by atoms with van der Waals surface area (Å²) in [6, 6.07) is 4.84. The van der Waals surface area contributed by atoms with E-state index in [1.165, 1.54) is 16.7 Å². The zero-order valence-corrected chi connectivity index (χ0v) is 16.8. The second-order valence-corrected chi connectivity index (χ2v) is 8.58. The summed E-state index contributed by atoms with van der Waals surface area (Å²) in [6.45, 7) is 4.19. The van der Waals surface area contributed by atoms with Gasteiger partial charge in [0.15, 0.2) is 0 Å². The molecule has 2 heterocycles. The first-order valence-corrected chi connectivity index (χ1v) is 10.7. The van der Waals surface area contributed by atoms with E-state index in [9.17, 15) is 13.2 Å². The van der Waals surface area contributed by atoms with Crippen LogP contribution >= 0.6 is 0 Å². The normalized spacial score (nSPS) is 17.9. The fraction of sp³-hybridized carbons (Fsp3) is 0.421. The van der Waals surface area contributed by atoms with E-state index in [-0.39, 0.29) is 23.5 Å². The topological polar surface area (TPSA) is 101 Å². The minimum Gasteiger partial charge on any atom is -0.472 e. The molecule has 0 radical (unpaired) electrons. The number of benzene rings is 1. The first-order chi connectivity index (χ1) is 13.4. The molecule has 1 amide bonds. The van der Waals surface area contributed by atoms with Gasteiger partial charge in [0.2, 0.25) is 21.8 Å². The van der Waals surface area contributed by atoms with E-state index in [0.717, 1.165) is 6.42 Å². The standard InChI is InChI=1S/C19H24N4O4S/c1-3-18(24)22-15-6-7-17(14(2)11-15)28(25,26)23-10-4-5-16(13-23)27-19-12-20-8-9-21-19/h6-9,11-12,16H,3-5,10,13H2,1-2H3,(H,22,24). The van der Waals surface area contributed by atoms with E-state index in [1.54, 1.807) is 38.2 Å². The molecule has 1 aliphatic heterocycles. The van der Waals surface area contributed by atoms with Crippen molar-refractivity contribution in [3.63, 3.8) is 0 Å². The third kappa shape index (κ3) is 4.66. The Bertz CT molecular complexity index is 934. The van der Waals surface area contributed by atoms with Crippen molar-refractivity contribution in [1.82, 2.24) is 14.3 Å². The maximum Gasteiger partial charge on any atom is 0.243 e. The molecule has 1 aromatic carbocycles. The van der Waals surface area contributed by atoms with Gasteiger partial charge < -0.3 is 10.1 Å². The van der Waals surface area contributed by atoms with Gasteiger partial charge in [-0.05, 0) is 43.5 Å². The summed E-state index contributed by atoms with van der Waals surface area (Å²) in [5.41, 5.74) is 1.18. The molecule has 1 N–H and O–H groups in total. The number of aryl methyl sites for hydroxylation is 1. The van der Waals surface area contributed by atoms with E-state index < -0.39 is 10.0 Å². The zero-order valence-electron chi connectivity index (χ0n) is 16.0. The quantitative estimate of drug-likeness (QED) is 0.793. The number of nitrogens with zero attached hydrogens (tertiary/aromatic N) is 3. The molecule has 0 spiro atoms. The molecule has 0 saturated carbocycles. The highest BCUT2D eigenvalue weighted by molar-refractivity contribution is 7.89. The molecule has 0 aliphatic carbocycles. The molecule has 2 aromatic rings. The number of sulfonamides is 1. The van der Waals surface area contributed by atoms with E-state index in [1.807, 2.05) is 0 Å². The molecular weight excluding hydrogens is 380 g/mol. The second-order valence-electron chi connectivity index (χ2n) is 6.67. The summed E-state index contributed by atoms with van der Waals surface area (Å²) in [5.74, 6) is 0.272. The number of hydrogen-bond acceptors (Lipinski definition) is 6. The average Bonchev–Trinajstić information content (AvgIpc) is 2.68. The molecule has 1 saturated heterocycles. The summed E-state index contributed by atoms with van der Waals surface area (Å²) in [7, 11) is -3.66. The van der Waals surface area contributed by atoms with Crippen LogP contribution < -0.4 is 10.1 Å². The number of rotatable bonds is 6. The average molecular weight is 404 g/mol. The van der Waals surface area contributed by atoms with Crippen molar-refractivity contribution in [3.05, 3.63) is 42.4 Å². The maximum atomic E-state index is 13.2. The van der Waals surface area contributed by atoms with E-state index >= 15 is 0 Å². The molecule has 0 bridgehead atoms. The van der Waals surface area contributed by atoms with Crippen LogP contribution in [0, 0.1) is 6.92 Å². The predicted octanol–water partition coefficient (Wildman–Crippen LogP) is 2.37. The Morgan fingerprint density at radius 3 is 2.86 bits per heavy atom. The molecule has 1 aromatic heterocycles. The monoisotopic (exact) mass is 404 g/mol. The third-order valence-corrected chi connectivity index (χ3v) is 6.59. The third-order valence-electron chi connectivity index (χ3n) is 4.57. The van der Waals surface area contributed by atoms with Crippen LogP contribution in [-0.4, -0.2) is 47.8 Å². The highest BCUT2D eigenvalue weighted by Gasteiger charge is 2.32. The number of amides is 1. The maximum absolute atomic E-state index is 13.2. The van der Waals surface area contributed by atoms with E-state index in [2.05, 4.69) is 15.3 Å². The Morgan fingerprint density at radius 1 is 1.36 bits per heavy atom. The van der Waals surface area contributed by atoms with Crippen molar-refractivity contribution in [2.24, 2.45) is 0 Å². The van der Waals surface area contributed by atoms with Crippen LogP contribution in [0.5, 0.6) is 5.88 Å². The summed E-state index contributed by atoms with van der Waals surface area (Å²) >= 11 is 0. The molecule has 150 valence electrons. The number of anilines is 1. The first-order valence-electron chi connectivity index (χ1n) is 9.23. The SMILES string of the molecule is CCC(=O)Nc1ccc(S(=O)(=O)N2CCCC(Oc3cnccn3)C2)c(C)c1. The lowest BCUT2D eigenvalue weighted by atomic mass is 10.1.